The van der Waals surface area contributed by atoms with Gasteiger partial charge < -0.3 is 10.6 Å². The lowest BCUT2D eigenvalue weighted by molar-refractivity contribution is 0.0792. The predicted octanol–water partition coefficient (Wildman–Crippen LogP) is 2.44. The molecule has 0 bridgehead atoms. The molecule has 0 spiro atoms. The number of carbonyl (C=O) groups is 1. The summed E-state index contributed by atoms with van der Waals surface area (Å²) >= 11 is 1.73. The summed E-state index contributed by atoms with van der Waals surface area (Å²) in [4.78, 5) is 16.9. The molecular formula is C15H22N2OS. The van der Waals surface area contributed by atoms with Gasteiger partial charge in [0.1, 0.15) is 0 Å². The fourth-order valence-electron chi connectivity index (χ4n) is 3.14. The van der Waals surface area contributed by atoms with Gasteiger partial charge in [-0.25, -0.2) is 0 Å². The maximum atomic E-state index is 12.5. The lowest BCUT2D eigenvalue weighted by Crippen LogP contribution is -2.29. The molecule has 2 aliphatic rings. The number of amides is 1. The van der Waals surface area contributed by atoms with Gasteiger partial charge in [0.15, 0.2) is 0 Å². The first-order valence-electron chi connectivity index (χ1n) is 7.39. The number of carbonyl (C=O) groups excluding carboxylic acids is 1. The number of nitrogens with two attached hydrogens (primary N) is 1. The van der Waals surface area contributed by atoms with Crippen LogP contribution in [0.3, 0.4) is 0 Å². The third-order valence-corrected chi connectivity index (χ3v) is 5.59. The van der Waals surface area contributed by atoms with E-state index in [9.17, 15) is 4.79 Å². The SMILES string of the molecule is NCC1CCN(C(=O)c2cc3c(s2)CCCCC3)C1. The van der Waals surface area contributed by atoms with Gasteiger partial charge in [0, 0.05) is 18.0 Å². The van der Waals surface area contributed by atoms with E-state index in [0.717, 1.165) is 30.8 Å². The zero-order valence-electron chi connectivity index (χ0n) is 11.4. The third-order valence-electron chi connectivity index (χ3n) is 4.36. The van der Waals surface area contributed by atoms with E-state index in [4.69, 9.17) is 5.73 Å². The van der Waals surface area contributed by atoms with Crippen LogP contribution in [-0.2, 0) is 12.8 Å². The Kier molecular flexibility index (Phi) is 3.89. The first-order chi connectivity index (χ1) is 9.28. The number of rotatable bonds is 2. The second-order valence-electron chi connectivity index (χ2n) is 5.76. The summed E-state index contributed by atoms with van der Waals surface area (Å²) in [6, 6.07) is 2.16. The Hall–Kier alpha value is -0.870. The molecule has 1 aromatic heterocycles. The lowest BCUT2D eigenvalue weighted by atomic mass is 10.1. The number of likely N-dealkylation sites (tertiary alicyclic amines) is 1. The Morgan fingerprint density at radius 1 is 1.37 bits per heavy atom. The zero-order valence-corrected chi connectivity index (χ0v) is 12.2. The number of hydrogen-bond donors (Lipinski definition) is 1. The topological polar surface area (TPSA) is 46.3 Å². The maximum absolute atomic E-state index is 12.5. The van der Waals surface area contributed by atoms with Crippen molar-refractivity contribution >= 4 is 17.2 Å². The molecule has 1 saturated heterocycles. The number of fused-ring (bicyclic) bond motifs is 1. The summed E-state index contributed by atoms with van der Waals surface area (Å²) in [5.41, 5.74) is 7.13. The first kappa shape index (κ1) is 13.1. The van der Waals surface area contributed by atoms with Gasteiger partial charge in [0.05, 0.1) is 4.88 Å². The highest BCUT2D eigenvalue weighted by molar-refractivity contribution is 7.14. The molecule has 1 unspecified atom stereocenters. The fraction of sp³-hybridized carbons (Fsp3) is 0.667. The molecule has 1 aliphatic heterocycles. The van der Waals surface area contributed by atoms with Crippen LogP contribution in [0.4, 0.5) is 0 Å². The van der Waals surface area contributed by atoms with Gasteiger partial charge >= 0.3 is 0 Å². The number of hydrogen-bond acceptors (Lipinski definition) is 3. The monoisotopic (exact) mass is 278 g/mol. The van der Waals surface area contributed by atoms with Crippen molar-refractivity contribution in [2.75, 3.05) is 19.6 Å². The van der Waals surface area contributed by atoms with Crippen molar-refractivity contribution in [1.29, 1.82) is 0 Å². The molecule has 2 heterocycles. The smallest absolute Gasteiger partial charge is 0.263 e. The summed E-state index contributed by atoms with van der Waals surface area (Å²) in [5, 5.41) is 0. The molecule has 1 amide bonds. The zero-order chi connectivity index (χ0) is 13.2. The highest BCUT2D eigenvalue weighted by Gasteiger charge is 2.27. The Morgan fingerprint density at radius 2 is 2.21 bits per heavy atom. The maximum Gasteiger partial charge on any atom is 0.263 e. The van der Waals surface area contributed by atoms with E-state index in [1.807, 2.05) is 4.90 Å². The molecule has 4 heteroatoms. The first-order valence-corrected chi connectivity index (χ1v) is 8.20. The minimum atomic E-state index is 0.231. The van der Waals surface area contributed by atoms with Gasteiger partial charge in [-0.1, -0.05) is 6.42 Å². The molecule has 1 atom stereocenters. The van der Waals surface area contributed by atoms with Crippen LogP contribution in [0.15, 0.2) is 6.07 Å². The van der Waals surface area contributed by atoms with Crippen LogP contribution in [0.25, 0.3) is 0 Å². The Labute approximate surface area is 118 Å². The average Bonchev–Trinajstić information content (AvgIpc) is 3.00. The van der Waals surface area contributed by atoms with Gasteiger partial charge in [-0.05, 0) is 56.2 Å². The van der Waals surface area contributed by atoms with Crippen LogP contribution in [-0.4, -0.2) is 30.4 Å². The second kappa shape index (κ2) is 5.63. The molecule has 0 saturated carbocycles. The number of thiophene rings is 1. The molecule has 0 radical (unpaired) electrons. The molecule has 0 aromatic carbocycles. The normalized spacial score (nSPS) is 23.2. The molecule has 104 valence electrons. The van der Waals surface area contributed by atoms with Crippen LogP contribution in [0.5, 0.6) is 0 Å². The minimum absolute atomic E-state index is 0.231. The van der Waals surface area contributed by atoms with Gasteiger partial charge in [-0.15, -0.1) is 11.3 Å². The largest absolute Gasteiger partial charge is 0.338 e. The Bertz CT molecular complexity index is 445. The van der Waals surface area contributed by atoms with Gasteiger partial charge in [0.2, 0.25) is 0 Å². The molecular weight excluding hydrogens is 256 g/mol. The third kappa shape index (κ3) is 2.70. The van der Waals surface area contributed by atoms with Gasteiger partial charge in [0.25, 0.3) is 5.91 Å². The van der Waals surface area contributed by atoms with Crippen LogP contribution in [0.1, 0.15) is 45.8 Å². The van der Waals surface area contributed by atoms with E-state index < -0.39 is 0 Å². The average molecular weight is 278 g/mol. The van der Waals surface area contributed by atoms with E-state index >= 15 is 0 Å². The molecule has 2 N–H and O–H groups in total. The quantitative estimate of drug-likeness (QED) is 0.845. The van der Waals surface area contributed by atoms with Crippen molar-refractivity contribution in [2.45, 2.75) is 38.5 Å². The van der Waals surface area contributed by atoms with Gasteiger partial charge in [-0.2, -0.15) is 0 Å². The number of nitrogens with zero attached hydrogens (tertiary/aromatic N) is 1. The van der Waals surface area contributed by atoms with Crippen molar-refractivity contribution in [2.24, 2.45) is 11.7 Å². The van der Waals surface area contributed by atoms with Crippen molar-refractivity contribution < 1.29 is 4.79 Å². The minimum Gasteiger partial charge on any atom is -0.338 e. The van der Waals surface area contributed by atoms with Crippen molar-refractivity contribution in [3.63, 3.8) is 0 Å². The van der Waals surface area contributed by atoms with Crippen LogP contribution < -0.4 is 5.73 Å². The van der Waals surface area contributed by atoms with Crippen molar-refractivity contribution in [1.82, 2.24) is 4.90 Å². The highest BCUT2D eigenvalue weighted by Crippen LogP contribution is 2.30. The van der Waals surface area contributed by atoms with Crippen molar-refractivity contribution in [3.8, 4) is 0 Å². The summed E-state index contributed by atoms with van der Waals surface area (Å²) in [7, 11) is 0. The van der Waals surface area contributed by atoms with Crippen LogP contribution in [0, 0.1) is 5.92 Å². The second-order valence-corrected chi connectivity index (χ2v) is 6.90. The van der Waals surface area contributed by atoms with E-state index in [1.54, 1.807) is 11.3 Å². The fourth-order valence-corrected chi connectivity index (χ4v) is 4.36. The summed E-state index contributed by atoms with van der Waals surface area (Å²) in [5.74, 6) is 0.732. The molecule has 19 heavy (non-hydrogen) atoms. The highest BCUT2D eigenvalue weighted by atomic mass is 32.1. The summed E-state index contributed by atoms with van der Waals surface area (Å²) in [6.45, 7) is 2.42. The van der Waals surface area contributed by atoms with E-state index in [2.05, 4.69) is 6.07 Å². The molecule has 3 nitrogen and oxygen atoms in total. The van der Waals surface area contributed by atoms with Crippen LogP contribution >= 0.6 is 11.3 Å². The van der Waals surface area contributed by atoms with Gasteiger partial charge in [-0.3, -0.25) is 4.79 Å². The lowest BCUT2D eigenvalue weighted by Gasteiger charge is -2.14. The van der Waals surface area contributed by atoms with Crippen molar-refractivity contribution in [3.05, 3.63) is 21.4 Å². The Balaban J connectivity index is 1.74. The molecule has 1 fully saturated rings. The predicted molar refractivity (Wildman–Crippen MR) is 78.6 cm³/mol. The number of aryl methyl sites for hydroxylation is 2. The molecule has 3 rings (SSSR count). The summed E-state index contributed by atoms with van der Waals surface area (Å²) in [6.07, 6.45) is 7.27. The van der Waals surface area contributed by atoms with Crippen LogP contribution in [0.2, 0.25) is 0 Å². The van der Waals surface area contributed by atoms with E-state index in [0.29, 0.717) is 12.5 Å². The standard InChI is InChI=1S/C15H22N2OS/c16-9-11-6-7-17(10-11)15(18)14-8-12-4-2-1-3-5-13(12)19-14/h8,11H,1-7,9-10,16H2. The van der Waals surface area contributed by atoms with E-state index in [-0.39, 0.29) is 5.91 Å². The summed E-state index contributed by atoms with van der Waals surface area (Å²) < 4.78 is 0. The molecule has 1 aliphatic carbocycles. The molecule has 1 aromatic rings. The van der Waals surface area contributed by atoms with E-state index in [1.165, 1.54) is 36.1 Å². The Morgan fingerprint density at radius 3 is 3.00 bits per heavy atom.